The zero-order valence-electron chi connectivity index (χ0n) is 11.8. The lowest BCUT2D eigenvalue weighted by Crippen LogP contribution is -2.10. The molecule has 0 fully saturated rings. The van der Waals surface area contributed by atoms with Gasteiger partial charge in [0, 0.05) is 36.9 Å². The van der Waals surface area contributed by atoms with Crippen molar-refractivity contribution < 1.29 is 0 Å². The number of nitrogens with zero attached hydrogens (tertiary/aromatic N) is 4. The quantitative estimate of drug-likeness (QED) is 0.810. The fourth-order valence-electron chi connectivity index (χ4n) is 1.85. The summed E-state index contributed by atoms with van der Waals surface area (Å²) in [5.74, 6) is 1.16. The molecule has 0 amide bonds. The molecule has 0 saturated heterocycles. The van der Waals surface area contributed by atoms with Gasteiger partial charge in [-0.15, -0.1) is 0 Å². The fourth-order valence-corrected chi connectivity index (χ4v) is 1.85. The second-order valence-electron chi connectivity index (χ2n) is 4.99. The molecule has 1 N–H and O–H groups in total. The maximum Gasteiger partial charge on any atom is 0.223 e. The first-order valence-corrected chi connectivity index (χ1v) is 6.70. The van der Waals surface area contributed by atoms with E-state index in [1.54, 1.807) is 6.20 Å². The van der Waals surface area contributed by atoms with E-state index >= 15 is 0 Å². The molecule has 5 heteroatoms. The van der Waals surface area contributed by atoms with Gasteiger partial charge >= 0.3 is 0 Å². The van der Waals surface area contributed by atoms with Crippen LogP contribution in [0.15, 0.2) is 24.8 Å². The first kappa shape index (κ1) is 13.5. The Hall–Kier alpha value is -1.91. The third kappa shape index (κ3) is 4.05. The van der Waals surface area contributed by atoms with E-state index < -0.39 is 0 Å². The number of hydrogen-bond acceptors (Lipinski definition) is 4. The molecule has 0 aliphatic heterocycles. The van der Waals surface area contributed by atoms with Crippen molar-refractivity contribution in [2.75, 3.05) is 11.9 Å². The van der Waals surface area contributed by atoms with Crippen LogP contribution in [-0.4, -0.2) is 26.1 Å². The zero-order chi connectivity index (χ0) is 13.7. The summed E-state index contributed by atoms with van der Waals surface area (Å²) in [5.41, 5.74) is 2.10. The molecule has 0 aliphatic rings. The van der Waals surface area contributed by atoms with Gasteiger partial charge in [0.2, 0.25) is 5.95 Å². The Balaban J connectivity index is 1.85. The summed E-state index contributed by atoms with van der Waals surface area (Å²) in [4.78, 5) is 13.0. The van der Waals surface area contributed by atoms with E-state index in [0.29, 0.717) is 5.92 Å². The second-order valence-corrected chi connectivity index (χ2v) is 4.99. The molecule has 0 aliphatic carbocycles. The van der Waals surface area contributed by atoms with Gasteiger partial charge < -0.3 is 9.88 Å². The highest BCUT2D eigenvalue weighted by Gasteiger charge is 2.05. The van der Waals surface area contributed by atoms with Crippen molar-refractivity contribution >= 4 is 5.95 Å². The summed E-state index contributed by atoms with van der Waals surface area (Å²) >= 11 is 0. The predicted molar refractivity (Wildman–Crippen MR) is 76.2 cm³/mol. The summed E-state index contributed by atoms with van der Waals surface area (Å²) in [6, 6.07) is 2.04. The molecule has 2 aromatic rings. The molecular formula is C14H21N5. The van der Waals surface area contributed by atoms with E-state index in [0.717, 1.165) is 36.8 Å². The summed E-state index contributed by atoms with van der Waals surface area (Å²) in [6.07, 6.45) is 6.62. The number of rotatable bonds is 6. The first-order chi connectivity index (χ1) is 9.15. The average molecular weight is 259 g/mol. The highest BCUT2D eigenvalue weighted by molar-refractivity contribution is 5.28. The van der Waals surface area contributed by atoms with Gasteiger partial charge in [0.15, 0.2) is 0 Å². The molecule has 0 saturated carbocycles. The number of aromatic nitrogens is 4. The highest BCUT2D eigenvalue weighted by atomic mass is 15.1. The van der Waals surface area contributed by atoms with E-state index in [4.69, 9.17) is 0 Å². The molecule has 2 rings (SSSR count). The van der Waals surface area contributed by atoms with Crippen molar-refractivity contribution in [1.29, 1.82) is 0 Å². The van der Waals surface area contributed by atoms with E-state index in [-0.39, 0.29) is 0 Å². The van der Waals surface area contributed by atoms with Gasteiger partial charge in [-0.3, -0.25) is 0 Å². The van der Waals surface area contributed by atoms with Crippen molar-refractivity contribution in [3.05, 3.63) is 36.2 Å². The Labute approximate surface area is 114 Å². The van der Waals surface area contributed by atoms with Crippen molar-refractivity contribution in [2.45, 2.75) is 39.7 Å². The van der Waals surface area contributed by atoms with Crippen molar-refractivity contribution in [1.82, 2.24) is 19.5 Å². The standard InChI is InChI=1S/C14H21N5/c1-11(2)13-9-12(3)17-14(18-13)16-5-4-7-19-8-6-15-10-19/h6,8-11H,4-5,7H2,1-3H3,(H,16,17,18). The molecule has 0 unspecified atom stereocenters. The Morgan fingerprint density at radius 1 is 1.32 bits per heavy atom. The number of anilines is 1. The summed E-state index contributed by atoms with van der Waals surface area (Å²) in [7, 11) is 0. The normalized spacial score (nSPS) is 10.9. The third-order valence-corrected chi connectivity index (χ3v) is 2.90. The molecule has 0 spiro atoms. The van der Waals surface area contributed by atoms with Gasteiger partial charge in [-0.25, -0.2) is 15.0 Å². The molecule has 102 valence electrons. The van der Waals surface area contributed by atoms with Gasteiger partial charge in [-0.2, -0.15) is 0 Å². The molecule has 2 aromatic heterocycles. The lowest BCUT2D eigenvalue weighted by Gasteiger charge is -2.10. The van der Waals surface area contributed by atoms with Gasteiger partial charge in [-0.1, -0.05) is 13.8 Å². The Kier molecular flexibility index (Phi) is 4.49. The summed E-state index contributed by atoms with van der Waals surface area (Å²) < 4.78 is 2.07. The maximum absolute atomic E-state index is 4.53. The Morgan fingerprint density at radius 2 is 2.16 bits per heavy atom. The minimum Gasteiger partial charge on any atom is -0.354 e. The fraction of sp³-hybridized carbons (Fsp3) is 0.500. The van der Waals surface area contributed by atoms with Crippen LogP contribution < -0.4 is 5.32 Å². The van der Waals surface area contributed by atoms with Crippen LogP contribution in [-0.2, 0) is 6.54 Å². The lowest BCUT2D eigenvalue weighted by molar-refractivity contribution is 0.658. The van der Waals surface area contributed by atoms with Crippen LogP contribution in [0.3, 0.4) is 0 Å². The van der Waals surface area contributed by atoms with Gasteiger partial charge in [0.25, 0.3) is 0 Å². The van der Waals surface area contributed by atoms with E-state index in [2.05, 4.69) is 38.7 Å². The Bertz CT molecular complexity index is 505. The topological polar surface area (TPSA) is 55.6 Å². The zero-order valence-corrected chi connectivity index (χ0v) is 11.8. The molecule has 5 nitrogen and oxygen atoms in total. The van der Waals surface area contributed by atoms with Crippen molar-refractivity contribution in [2.24, 2.45) is 0 Å². The molecule has 0 bridgehead atoms. The van der Waals surface area contributed by atoms with Crippen LogP contribution in [0.4, 0.5) is 5.95 Å². The smallest absolute Gasteiger partial charge is 0.223 e. The number of hydrogen-bond donors (Lipinski definition) is 1. The lowest BCUT2D eigenvalue weighted by atomic mass is 10.1. The summed E-state index contributed by atoms with van der Waals surface area (Å²) in [6.45, 7) is 8.11. The number of imidazole rings is 1. The molecule has 0 atom stereocenters. The molecule has 2 heterocycles. The van der Waals surface area contributed by atoms with Crippen LogP contribution in [0.1, 0.15) is 37.6 Å². The third-order valence-electron chi connectivity index (χ3n) is 2.90. The monoisotopic (exact) mass is 259 g/mol. The number of aryl methyl sites for hydroxylation is 2. The average Bonchev–Trinajstić information content (AvgIpc) is 2.87. The Morgan fingerprint density at radius 3 is 2.84 bits per heavy atom. The summed E-state index contributed by atoms with van der Waals surface area (Å²) in [5, 5.41) is 3.29. The van der Waals surface area contributed by atoms with Crippen LogP contribution in [0.5, 0.6) is 0 Å². The van der Waals surface area contributed by atoms with Gasteiger partial charge in [0.1, 0.15) is 0 Å². The first-order valence-electron chi connectivity index (χ1n) is 6.70. The molecular weight excluding hydrogens is 238 g/mol. The largest absolute Gasteiger partial charge is 0.354 e. The molecule has 0 radical (unpaired) electrons. The van der Waals surface area contributed by atoms with E-state index in [9.17, 15) is 0 Å². The predicted octanol–water partition coefficient (Wildman–Crippen LogP) is 2.61. The minimum atomic E-state index is 0.424. The van der Waals surface area contributed by atoms with Crippen LogP contribution in [0.25, 0.3) is 0 Å². The van der Waals surface area contributed by atoms with Gasteiger partial charge in [-0.05, 0) is 25.3 Å². The van der Waals surface area contributed by atoms with E-state index in [1.165, 1.54) is 0 Å². The highest BCUT2D eigenvalue weighted by Crippen LogP contribution is 2.14. The molecule has 19 heavy (non-hydrogen) atoms. The van der Waals surface area contributed by atoms with Crippen LogP contribution in [0.2, 0.25) is 0 Å². The van der Waals surface area contributed by atoms with Crippen molar-refractivity contribution in [3.63, 3.8) is 0 Å². The number of nitrogens with one attached hydrogen (secondary N) is 1. The van der Waals surface area contributed by atoms with E-state index in [1.807, 2.05) is 25.5 Å². The second kappa shape index (κ2) is 6.31. The SMILES string of the molecule is Cc1cc(C(C)C)nc(NCCCn2ccnc2)n1. The maximum atomic E-state index is 4.53. The van der Waals surface area contributed by atoms with Crippen LogP contribution in [0, 0.1) is 6.92 Å². The minimum absolute atomic E-state index is 0.424. The molecule has 0 aromatic carbocycles. The van der Waals surface area contributed by atoms with Crippen molar-refractivity contribution in [3.8, 4) is 0 Å². The van der Waals surface area contributed by atoms with Gasteiger partial charge in [0.05, 0.1) is 6.33 Å². The van der Waals surface area contributed by atoms with Crippen LogP contribution >= 0.6 is 0 Å².